The van der Waals surface area contributed by atoms with E-state index in [1.807, 2.05) is 13.0 Å². The van der Waals surface area contributed by atoms with Crippen LogP contribution in [-0.4, -0.2) is 41.3 Å². The van der Waals surface area contributed by atoms with Gasteiger partial charge < -0.3 is 15.0 Å². The predicted octanol–water partition coefficient (Wildman–Crippen LogP) is 3.22. The van der Waals surface area contributed by atoms with Gasteiger partial charge in [-0.25, -0.2) is 15.0 Å². The van der Waals surface area contributed by atoms with Crippen LogP contribution in [0, 0.1) is 13.8 Å². The number of aryl methyl sites for hydroxylation is 2. The average Bonchev–Trinajstić information content (AvgIpc) is 2.64. The highest BCUT2D eigenvalue weighted by molar-refractivity contribution is 5.91. The fourth-order valence-electron chi connectivity index (χ4n) is 3.05. The molecule has 128 valence electrons. The normalized spacial score (nSPS) is 14.7. The highest BCUT2D eigenvalue weighted by Crippen LogP contribution is 2.26. The van der Waals surface area contributed by atoms with Gasteiger partial charge in [-0.1, -0.05) is 11.6 Å². The van der Waals surface area contributed by atoms with Crippen molar-refractivity contribution in [3.05, 3.63) is 47.9 Å². The first-order valence-electron chi connectivity index (χ1n) is 8.49. The molecule has 0 aliphatic carbocycles. The molecule has 0 bridgehead atoms. The summed E-state index contributed by atoms with van der Waals surface area (Å²) in [5, 5.41) is 4.43. The summed E-state index contributed by atoms with van der Waals surface area (Å²) in [4.78, 5) is 15.8. The number of rotatable bonds is 3. The molecular formula is C19H21N5O. The molecule has 1 fully saturated rings. The molecule has 1 saturated heterocycles. The zero-order valence-electron chi connectivity index (χ0n) is 14.5. The van der Waals surface area contributed by atoms with E-state index in [4.69, 9.17) is 9.72 Å². The van der Waals surface area contributed by atoms with Gasteiger partial charge in [-0.3, -0.25) is 0 Å². The molecule has 4 rings (SSSR count). The fourth-order valence-corrected chi connectivity index (χ4v) is 3.05. The zero-order chi connectivity index (χ0) is 17.2. The Morgan fingerprint density at radius 3 is 2.68 bits per heavy atom. The molecule has 0 unspecified atom stereocenters. The molecule has 1 N–H and O–H groups in total. The molecule has 6 heteroatoms. The number of hydrogen-bond acceptors (Lipinski definition) is 6. The third-order valence-electron chi connectivity index (χ3n) is 4.45. The number of aromatic nitrogens is 3. The van der Waals surface area contributed by atoms with Gasteiger partial charge in [0.1, 0.15) is 18.0 Å². The van der Waals surface area contributed by atoms with Crippen molar-refractivity contribution in [2.45, 2.75) is 13.8 Å². The lowest BCUT2D eigenvalue weighted by atomic mass is 10.1. The SMILES string of the molecule is Cc1ccc2ncnc(Nc3ccc(N4CCOCC4)nc3C)c2c1. The Balaban J connectivity index is 1.64. The summed E-state index contributed by atoms with van der Waals surface area (Å²) >= 11 is 0. The predicted molar refractivity (Wildman–Crippen MR) is 99.6 cm³/mol. The summed E-state index contributed by atoms with van der Waals surface area (Å²) in [6.07, 6.45) is 1.59. The van der Waals surface area contributed by atoms with Crippen LogP contribution in [0.1, 0.15) is 11.3 Å². The highest BCUT2D eigenvalue weighted by atomic mass is 16.5. The first-order chi connectivity index (χ1) is 12.2. The van der Waals surface area contributed by atoms with Gasteiger partial charge in [-0.15, -0.1) is 0 Å². The lowest BCUT2D eigenvalue weighted by Gasteiger charge is -2.28. The van der Waals surface area contributed by atoms with Gasteiger partial charge in [0, 0.05) is 18.5 Å². The number of hydrogen-bond donors (Lipinski definition) is 1. The average molecular weight is 335 g/mol. The van der Waals surface area contributed by atoms with Crippen LogP contribution < -0.4 is 10.2 Å². The molecular weight excluding hydrogens is 314 g/mol. The molecule has 25 heavy (non-hydrogen) atoms. The van der Waals surface area contributed by atoms with Crippen molar-refractivity contribution in [1.82, 2.24) is 15.0 Å². The maximum absolute atomic E-state index is 5.41. The summed E-state index contributed by atoms with van der Waals surface area (Å²) in [6, 6.07) is 10.3. The first kappa shape index (κ1) is 15.8. The summed E-state index contributed by atoms with van der Waals surface area (Å²) in [5.74, 6) is 1.80. The molecule has 0 amide bonds. The Kier molecular flexibility index (Phi) is 4.19. The number of nitrogens with one attached hydrogen (secondary N) is 1. The van der Waals surface area contributed by atoms with E-state index in [0.29, 0.717) is 0 Å². The van der Waals surface area contributed by atoms with Crippen LogP contribution in [0.15, 0.2) is 36.7 Å². The van der Waals surface area contributed by atoms with Gasteiger partial charge >= 0.3 is 0 Å². The number of anilines is 3. The summed E-state index contributed by atoms with van der Waals surface area (Å²) in [7, 11) is 0. The Morgan fingerprint density at radius 2 is 1.88 bits per heavy atom. The van der Waals surface area contributed by atoms with Crippen molar-refractivity contribution in [1.29, 1.82) is 0 Å². The Labute approximate surface area is 146 Å². The van der Waals surface area contributed by atoms with Gasteiger partial charge in [0.15, 0.2) is 0 Å². The minimum atomic E-state index is 0.757. The van der Waals surface area contributed by atoms with Crippen LogP contribution >= 0.6 is 0 Å². The molecule has 0 spiro atoms. The second-order valence-corrected chi connectivity index (χ2v) is 6.27. The van der Waals surface area contributed by atoms with Crippen molar-refractivity contribution in [3.8, 4) is 0 Å². The minimum absolute atomic E-state index is 0.757. The molecule has 6 nitrogen and oxygen atoms in total. The Hall–Kier alpha value is -2.73. The maximum atomic E-state index is 5.41. The summed E-state index contributed by atoms with van der Waals surface area (Å²) in [6.45, 7) is 7.37. The largest absolute Gasteiger partial charge is 0.378 e. The van der Waals surface area contributed by atoms with Crippen molar-refractivity contribution in [3.63, 3.8) is 0 Å². The summed E-state index contributed by atoms with van der Waals surface area (Å²) in [5.41, 5.74) is 4.02. The van der Waals surface area contributed by atoms with Crippen LogP contribution in [0.4, 0.5) is 17.3 Å². The lowest BCUT2D eigenvalue weighted by Crippen LogP contribution is -2.36. The first-order valence-corrected chi connectivity index (χ1v) is 8.49. The van der Waals surface area contributed by atoms with Gasteiger partial charge in [0.05, 0.1) is 30.1 Å². The second-order valence-electron chi connectivity index (χ2n) is 6.27. The van der Waals surface area contributed by atoms with Gasteiger partial charge in [0.2, 0.25) is 0 Å². The number of fused-ring (bicyclic) bond motifs is 1. The number of ether oxygens (including phenoxy) is 1. The third-order valence-corrected chi connectivity index (χ3v) is 4.45. The number of morpholine rings is 1. The van der Waals surface area contributed by atoms with Crippen molar-refractivity contribution in [2.75, 3.05) is 36.5 Å². The molecule has 3 aromatic rings. The van der Waals surface area contributed by atoms with Crippen LogP contribution in [-0.2, 0) is 4.74 Å². The number of benzene rings is 1. The Morgan fingerprint density at radius 1 is 1.04 bits per heavy atom. The molecule has 1 aliphatic rings. The Bertz CT molecular complexity index is 905. The smallest absolute Gasteiger partial charge is 0.141 e. The quantitative estimate of drug-likeness (QED) is 0.793. The van der Waals surface area contributed by atoms with Crippen molar-refractivity contribution in [2.24, 2.45) is 0 Å². The standard InChI is InChI=1S/C19H21N5O/c1-13-3-4-17-15(11-13)19(21-12-20-17)23-16-5-6-18(22-14(16)2)24-7-9-25-10-8-24/h3-6,11-12H,7-10H2,1-2H3,(H,20,21,23). The number of pyridine rings is 1. The van der Waals surface area contributed by atoms with Gasteiger partial charge in [-0.05, 0) is 38.1 Å². The second kappa shape index (κ2) is 6.64. The van der Waals surface area contributed by atoms with Crippen LogP contribution in [0.25, 0.3) is 10.9 Å². The van der Waals surface area contributed by atoms with Gasteiger partial charge in [-0.2, -0.15) is 0 Å². The molecule has 0 saturated carbocycles. The van der Waals surface area contributed by atoms with E-state index in [9.17, 15) is 0 Å². The molecule has 2 aromatic heterocycles. The zero-order valence-corrected chi connectivity index (χ0v) is 14.5. The van der Waals surface area contributed by atoms with E-state index in [1.165, 1.54) is 5.56 Å². The van der Waals surface area contributed by atoms with E-state index >= 15 is 0 Å². The third kappa shape index (κ3) is 3.25. The monoisotopic (exact) mass is 335 g/mol. The highest BCUT2D eigenvalue weighted by Gasteiger charge is 2.14. The van der Waals surface area contributed by atoms with E-state index in [2.05, 4.69) is 51.4 Å². The van der Waals surface area contributed by atoms with Crippen LogP contribution in [0.2, 0.25) is 0 Å². The summed E-state index contributed by atoms with van der Waals surface area (Å²) < 4.78 is 5.41. The molecule has 0 radical (unpaired) electrons. The van der Waals surface area contributed by atoms with E-state index in [1.54, 1.807) is 6.33 Å². The molecule has 0 atom stereocenters. The molecule has 3 heterocycles. The van der Waals surface area contributed by atoms with Gasteiger partial charge in [0.25, 0.3) is 0 Å². The fraction of sp³-hybridized carbons (Fsp3) is 0.316. The molecule has 1 aromatic carbocycles. The topological polar surface area (TPSA) is 63.2 Å². The minimum Gasteiger partial charge on any atom is -0.378 e. The van der Waals surface area contributed by atoms with Crippen molar-refractivity contribution >= 4 is 28.2 Å². The lowest BCUT2D eigenvalue weighted by molar-refractivity contribution is 0.122. The van der Waals surface area contributed by atoms with Crippen LogP contribution in [0.5, 0.6) is 0 Å². The van der Waals surface area contributed by atoms with Crippen molar-refractivity contribution < 1.29 is 4.74 Å². The van der Waals surface area contributed by atoms with Crippen LogP contribution in [0.3, 0.4) is 0 Å². The van der Waals surface area contributed by atoms with E-state index in [0.717, 1.165) is 60.2 Å². The van der Waals surface area contributed by atoms with E-state index < -0.39 is 0 Å². The molecule has 1 aliphatic heterocycles. The maximum Gasteiger partial charge on any atom is 0.141 e. The van der Waals surface area contributed by atoms with E-state index in [-0.39, 0.29) is 0 Å². The number of nitrogens with zero attached hydrogens (tertiary/aromatic N) is 4.